The zero-order valence-electron chi connectivity index (χ0n) is 14.7. The molecule has 0 aliphatic rings. The molecule has 1 amide bonds. The third kappa shape index (κ3) is 5.72. The van der Waals surface area contributed by atoms with Crippen LogP contribution >= 0.6 is 12.4 Å². The lowest BCUT2D eigenvalue weighted by molar-refractivity contribution is -0.121. The fourth-order valence-corrected chi connectivity index (χ4v) is 3.19. The maximum absolute atomic E-state index is 12.1. The molecule has 0 fully saturated rings. The summed E-state index contributed by atoms with van der Waals surface area (Å²) in [6.07, 6.45) is 0.912. The molecule has 0 saturated carbocycles. The Bertz CT molecular complexity index is 839. The number of amides is 1. The molecule has 142 valence electrons. The number of para-hydroxylation sites is 1. The predicted octanol–water partition coefficient (Wildman–Crippen LogP) is 2.41. The van der Waals surface area contributed by atoms with Crippen molar-refractivity contribution in [3.8, 4) is 0 Å². The van der Waals surface area contributed by atoms with E-state index in [0.717, 1.165) is 11.1 Å². The van der Waals surface area contributed by atoms with Crippen LogP contribution in [0.3, 0.4) is 0 Å². The summed E-state index contributed by atoms with van der Waals surface area (Å²) in [5, 5.41) is 2.91. The van der Waals surface area contributed by atoms with Gasteiger partial charge >= 0.3 is 0 Å². The van der Waals surface area contributed by atoms with Crippen LogP contribution in [0, 0.1) is 0 Å². The molecule has 2 aromatic rings. The van der Waals surface area contributed by atoms with E-state index in [1.54, 1.807) is 12.1 Å². The summed E-state index contributed by atoms with van der Waals surface area (Å²) in [4.78, 5) is 12.3. The number of nitrogens with two attached hydrogens (primary N) is 1. The van der Waals surface area contributed by atoms with Crippen LogP contribution in [0.25, 0.3) is 0 Å². The number of carbonyl (C=O) groups excluding carboxylic acids is 1. The average molecular weight is 398 g/mol. The van der Waals surface area contributed by atoms with Gasteiger partial charge < -0.3 is 11.1 Å². The molecule has 2 aromatic carbocycles. The third-order valence-corrected chi connectivity index (χ3v) is 5.44. The fraction of sp³-hybridized carbons (Fsp3) is 0.278. The SMILES string of the molecule is CNS(=O)(=O)c1ccc(C(C)NC(=O)CCc2ccccc2N)cc1.Cl. The number of aryl methyl sites for hydroxylation is 1. The lowest BCUT2D eigenvalue weighted by Crippen LogP contribution is -2.27. The van der Waals surface area contributed by atoms with Gasteiger partial charge in [-0.25, -0.2) is 13.1 Å². The fourth-order valence-electron chi connectivity index (χ4n) is 2.46. The summed E-state index contributed by atoms with van der Waals surface area (Å²) < 4.78 is 25.7. The number of benzene rings is 2. The Kier molecular flexibility index (Phi) is 8.08. The largest absolute Gasteiger partial charge is 0.399 e. The summed E-state index contributed by atoms with van der Waals surface area (Å²) in [6.45, 7) is 1.86. The molecular weight excluding hydrogens is 374 g/mol. The summed E-state index contributed by atoms with van der Waals surface area (Å²) in [5.41, 5.74) is 8.35. The van der Waals surface area contributed by atoms with Gasteiger partial charge in [0.25, 0.3) is 0 Å². The van der Waals surface area contributed by atoms with Crippen molar-refractivity contribution >= 4 is 34.0 Å². The number of rotatable bonds is 7. The first-order valence-electron chi connectivity index (χ1n) is 7.99. The number of nitrogens with one attached hydrogen (secondary N) is 2. The first-order valence-corrected chi connectivity index (χ1v) is 9.48. The highest BCUT2D eigenvalue weighted by Gasteiger charge is 2.14. The highest BCUT2D eigenvalue weighted by molar-refractivity contribution is 7.89. The van der Waals surface area contributed by atoms with Gasteiger partial charge in [0.05, 0.1) is 10.9 Å². The second-order valence-corrected chi connectivity index (χ2v) is 7.65. The van der Waals surface area contributed by atoms with Crippen molar-refractivity contribution in [2.45, 2.75) is 30.7 Å². The first-order chi connectivity index (χ1) is 11.8. The molecule has 8 heteroatoms. The molecular formula is C18H24ClN3O3S. The Morgan fingerprint density at radius 2 is 1.73 bits per heavy atom. The van der Waals surface area contributed by atoms with E-state index in [2.05, 4.69) is 10.0 Å². The highest BCUT2D eigenvalue weighted by Crippen LogP contribution is 2.17. The van der Waals surface area contributed by atoms with Crippen molar-refractivity contribution < 1.29 is 13.2 Å². The normalized spacial score (nSPS) is 12.1. The van der Waals surface area contributed by atoms with Crippen molar-refractivity contribution in [2.24, 2.45) is 0 Å². The minimum atomic E-state index is -3.46. The molecule has 2 rings (SSSR count). The Hall–Kier alpha value is -2.09. The molecule has 6 nitrogen and oxygen atoms in total. The molecule has 0 aliphatic carbocycles. The number of nitrogen functional groups attached to an aromatic ring is 1. The van der Waals surface area contributed by atoms with E-state index in [4.69, 9.17) is 5.73 Å². The lowest BCUT2D eigenvalue weighted by atomic mass is 10.1. The van der Waals surface area contributed by atoms with Crippen LogP contribution in [0.5, 0.6) is 0 Å². The Morgan fingerprint density at radius 1 is 1.12 bits per heavy atom. The van der Waals surface area contributed by atoms with Crippen LogP contribution in [0.1, 0.15) is 30.5 Å². The zero-order chi connectivity index (χ0) is 18.4. The lowest BCUT2D eigenvalue weighted by Gasteiger charge is -2.15. The smallest absolute Gasteiger partial charge is 0.240 e. The van der Waals surface area contributed by atoms with Crippen LogP contribution in [0.2, 0.25) is 0 Å². The van der Waals surface area contributed by atoms with Gasteiger partial charge in [0, 0.05) is 12.1 Å². The number of hydrogen-bond donors (Lipinski definition) is 3. The quantitative estimate of drug-likeness (QED) is 0.624. The van der Waals surface area contributed by atoms with Crippen LogP contribution in [-0.4, -0.2) is 21.4 Å². The monoisotopic (exact) mass is 397 g/mol. The van der Waals surface area contributed by atoms with Gasteiger partial charge in [-0.05, 0) is 49.7 Å². The van der Waals surface area contributed by atoms with Crippen LogP contribution in [0.15, 0.2) is 53.4 Å². The Balaban J connectivity index is 0.00000338. The van der Waals surface area contributed by atoms with Gasteiger partial charge in [-0.1, -0.05) is 30.3 Å². The van der Waals surface area contributed by atoms with Crippen molar-refractivity contribution in [3.05, 3.63) is 59.7 Å². The second kappa shape index (κ2) is 9.56. The van der Waals surface area contributed by atoms with Crippen molar-refractivity contribution in [1.29, 1.82) is 0 Å². The van der Waals surface area contributed by atoms with Gasteiger partial charge in [-0.15, -0.1) is 12.4 Å². The summed E-state index contributed by atoms with van der Waals surface area (Å²) in [7, 11) is -2.09. The Morgan fingerprint density at radius 3 is 2.31 bits per heavy atom. The number of carbonyl (C=O) groups is 1. The molecule has 1 atom stereocenters. The number of sulfonamides is 1. The molecule has 0 saturated heterocycles. The van der Waals surface area contributed by atoms with E-state index in [-0.39, 0.29) is 29.3 Å². The second-order valence-electron chi connectivity index (χ2n) is 5.76. The van der Waals surface area contributed by atoms with E-state index in [1.807, 2.05) is 31.2 Å². The molecule has 0 heterocycles. The van der Waals surface area contributed by atoms with E-state index in [9.17, 15) is 13.2 Å². The van der Waals surface area contributed by atoms with E-state index in [0.29, 0.717) is 18.5 Å². The van der Waals surface area contributed by atoms with Gasteiger partial charge in [0.2, 0.25) is 15.9 Å². The molecule has 1 unspecified atom stereocenters. The Labute approximate surface area is 160 Å². The molecule has 0 spiro atoms. The first kappa shape index (κ1) is 22.0. The molecule has 0 aromatic heterocycles. The van der Waals surface area contributed by atoms with E-state index >= 15 is 0 Å². The summed E-state index contributed by atoms with van der Waals surface area (Å²) in [5.74, 6) is -0.0809. The standard InChI is InChI=1S/C18H23N3O3S.ClH/c1-13(14-7-10-16(11-8-14)25(23,24)20-2)21-18(22)12-9-15-5-3-4-6-17(15)19;/h3-8,10-11,13,20H,9,12,19H2,1-2H3,(H,21,22);1H. The molecule has 0 bridgehead atoms. The summed E-state index contributed by atoms with van der Waals surface area (Å²) >= 11 is 0. The predicted molar refractivity (Wildman–Crippen MR) is 106 cm³/mol. The molecule has 0 radical (unpaired) electrons. The molecule has 4 N–H and O–H groups in total. The average Bonchev–Trinajstić information content (AvgIpc) is 2.61. The van der Waals surface area contributed by atoms with Gasteiger partial charge in [0.1, 0.15) is 0 Å². The zero-order valence-corrected chi connectivity index (χ0v) is 16.4. The third-order valence-electron chi connectivity index (χ3n) is 4.01. The molecule has 0 aliphatic heterocycles. The number of halogens is 1. The maximum atomic E-state index is 12.1. The van der Waals surface area contributed by atoms with E-state index < -0.39 is 10.0 Å². The van der Waals surface area contributed by atoms with Crippen molar-refractivity contribution in [1.82, 2.24) is 10.0 Å². The van der Waals surface area contributed by atoms with Crippen molar-refractivity contribution in [2.75, 3.05) is 12.8 Å². The molecule has 26 heavy (non-hydrogen) atoms. The van der Waals surface area contributed by atoms with Gasteiger partial charge in [-0.3, -0.25) is 4.79 Å². The van der Waals surface area contributed by atoms with Crippen LogP contribution in [-0.2, 0) is 21.2 Å². The summed E-state index contributed by atoms with van der Waals surface area (Å²) in [6, 6.07) is 13.7. The number of anilines is 1. The van der Waals surface area contributed by atoms with E-state index in [1.165, 1.54) is 19.2 Å². The highest BCUT2D eigenvalue weighted by atomic mass is 35.5. The van der Waals surface area contributed by atoms with Crippen LogP contribution in [0.4, 0.5) is 5.69 Å². The number of hydrogen-bond acceptors (Lipinski definition) is 4. The van der Waals surface area contributed by atoms with Gasteiger partial charge in [0.15, 0.2) is 0 Å². The van der Waals surface area contributed by atoms with Crippen molar-refractivity contribution in [3.63, 3.8) is 0 Å². The minimum Gasteiger partial charge on any atom is -0.399 e. The topological polar surface area (TPSA) is 101 Å². The minimum absolute atomic E-state index is 0. The maximum Gasteiger partial charge on any atom is 0.240 e. The van der Waals surface area contributed by atoms with Crippen LogP contribution < -0.4 is 15.8 Å². The van der Waals surface area contributed by atoms with Gasteiger partial charge in [-0.2, -0.15) is 0 Å².